The second kappa shape index (κ2) is 27.0. The lowest BCUT2D eigenvalue weighted by Gasteiger charge is -2.11. The highest BCUT2D eigenvalue weighted by Gasteiger charge is 2.02. The highest BCUT2D eigenvalue weighted by Crippen LogP contribution is 2.19. The molecule has 0 fully saturated rings. The topological polar surface area (TPSA) is 0 Å². The van der Waals surface area contributed by atoms with Crippen LogP contribution >= 0.6 is 0 Å². The Balaban J connectivity index is 3.13. The van der Waals surface area contributed by atoms with Crippen LogP contribution in [0.15, 0.2) is 0 Å². The molecule has 0 unspecified atom stereocenters. The van der Waals surface area contributed by atoms with Gasteiger partial charge in [-0.15, -0.1) is 0 Å². The minimum Gasteiger partial charge on any atom is -0.0625 e. The number of hydrogen-bond donors (Lipinski definition) is 0. The molecule has 0 saturated heterocycles. The molecule has 0 nitrogen and oxygen atoms in total. The third kappa shape index (κ3) is 26.0. The van der Waals surface area contributed by atoms with Crippen molar-refractivity contribution in [3.05, 3.63) is 13.8 Å². The van der Waals surface area contributed by atoms with Gasteiger partial charge in [0.05, 0.1) is 0 Å². The third-order valence-corrected chi connectivity index (χ3v) is 6.89. The van der Waals surface area contributed by atoms with Gasteiger partial charge in [0.1, 0.15) is 0 Å². The van der Waals surface area contributed by atoms with E-state index in [9.17, 15) is 0 Å². The van der Waals surface area contributed by atoms with Gasteiger partial charge < -0.3 is 0 Å². The van der Waals surface area contributed by atoms with E-state index in [-0.39, 0.29) is 0 Å². The maximum Gasteiger partial charge on any atom is -0.0443 e. The van der Waals surface area contributed by atoms with Crippen molar-refractivity contribution in [2.75, 3.05) is 0 Å². The first-order chi connectivity index (χ1) is 14.8. The Morgan fingerprint density at radius 3 is 0.767 bits per heavy atom. The molecule has 0 heterocycles. The van der Waals surface area contributed by atoms with Crippen LogP contribution in [0.4, 0.5) is 0 Å². The summed E-state index contributed by atoms with van der Waals surface area (Å²) in [6.45, 7) is 10.3. The summed E-state index contributed by atoms with van der Waals surface area (Å²) in [6.07, 6.45) is 37.0. The van der Waals surface area contributed by atoms with Crippen LogP contribution in [-0.4, -0.2) is 0 Å². The van der Waals surface area contributed by atoms with Crippen LogP contribution in [0.1, 0.15) is 174 Å². The molecule has 0 bridgehead atoms. The van der Waals surface area contributed by atoms with E-state index < -0.39 is 0 Å². The van der Waals surface area contributed by atoms with Crippen LogP contribution in [0.2, 0.25) is 0 Å². The summed E-state index contributed by atoms with van der Waals surface area (Å²) >= 11 is 0. The van der Waals surface area contributed by atoms with E-state index in [1.54, 1.807) is 0 Å². The van der Waals surface area contributed by atoms with Crippen LogP contribution < -0.4 is 0 Å². The van der Waals surface area contributed by atoms with Crippen molar-refractivity contribution in [2.24, 2.45) is 5.92 Å². The summed E-state index contributed by atoms with van der Waals surface area (Å²) in [5, 5.41) is 0. The van der Waals surface area contributed by atoms with Gasteiger partial charge >= 0.3 is 0 Å². The summed E-state index contributed by atoms with van der Waals surface area (Å²) < 4.78 is 0. The minimum absolute atomic E-state index is 0.960. The molecule has 0 heteroatoms. The first-order valence-electron chi connectivity index (χ1n) is 14.4. The van der Waals surface area contributed by atoms with E-state index >= 15 is 0 Å². The molecule has 0 spiro atoms. The van der Waals surface area contributed by atoms with E-state index in [0.29, 0.717) is 0 Å². The van der Waals surface area contributed by atoms with Gasteiger partial charge in [0.25, 0.3) is 0 Å². The van der Waals surface area contributed by atoms with Crippen molar-refractivity contribution in [1.29, 1.82) is 0 Å². The van der Waals surface area contributed by atoms with Gasteiger partial charge in [-0.05, 0) is 5.92 Å². The predicted molar refractivity (Wildman–Crippen MR) is 140 cm³/mol. The fourth-order valence-electron chi connectivity index (χ4n) is 4.67. The van der Waals surface area contributed by atoms with Crippen LogP contribution in [0.3, 0.4) is 0 Å². The molecule has 0 aliphatic heterocycles. The van der Waals surface area contributed by atoms with Crippen LogP contribution in [0, 0.1) is 19.8 Å². The van der Waals surface area contributed by atoms with E-state index in [1.165, 1.54) is 154 Å². The summed E-state index contributed by atoms with van der Waals surface area (Å²) in [5.41, 5.74) is 0. The SMILES string of the molecule is [CH2]CCCCCCCCCCCCCC(C)CCCCCCCCCCCCC[CH2]. The van der Waals surface area contributed by atoms with Gasteiger partial charge in [0, 0.05) is 0 Å². The fourth-order valence-corrected chi connectivity index (χ4v) is 4.67. The zero-order chi connectivity index (χ0) is 22.0. The largest absolute Gasteiger partial charge is 0.0625 e. The quantitative estimate of drug-likeness (QED) is 0.122. The lowest BCUT2D eigenvalue weighted by molar-refractivity contribution is 0.429. The van der Waals surface area contributed by atoms with Gasteiger partial charge in [0.2, 0.25) is 0 Å². The molecular weight excluding hydrogens is 360 g/mol. The van der Waals surface area contributed by atoms with Crippen LogP contribution in [-0.2, 0) is 0 Å². The van der Waals surface area contributed by atoms with Crippen molar-refractivity contribution < 1.29 is 0 Å². The zero-order valence-electron chi connectivity index (χ0n) is 21.4. The Bertz CT molecular complexity index is 254. The molecule has 0 N–H and O–H groups in total. The monoisotopic (exact) mass is 420 g/mol. The second-order valence-electron chi connectivity index (χ2n) is 10.2. The molecule has 0 aliphatic rings. The van der Waals surface area contributed by atoms with Gasteiger partial charge in [-0.1, -0.05) is 188 Å². The van der Waals surface area contributed by atoms with Gasteiger partial charge in [0.15, 0.2) is 0 Å². The normalized spacial score (nSPS) is 11.6. The van der Waals surface area contributed by atoms with Gasteiger partial charge in [-0.25, -0.2) is 0 Å². The first-order valence-corrected chi connectivity index (χ1v) is 14.4. The molecule has 0 aromatic heterocycles. The van der Waals surface area contributed by atoms with Crippen LogP contribution in [0.25, 0.3) is 0 Å². The van der Waals surface area contributed by atoms with E-state index in [4.69, 9.17) is 0 Å². The number of rotatable bonds is 26. The Morgan fingerprint density at radius 2 is 0.533 bits per heavy atom. The number of unbranched alkanes of at least 4 members (excludes halogenated alkanes) is 22. The van der Waals surface area contributed by atoms with Crippen molar-refractivity contribution in [2.45, 2.75) is 174 Å². The molecule has 0 saturated carbocycles. The second-order valence-corrected chi connectivity index (χ2v) is 10.2. The van der Waals surface area contributed by atoms with Crippen LogP contribution in [0.5, 0.6) is 0 Å². The molecule has 180 valence electrons. The Labute approximate surface area is 193 Å². The van der Waals surface area contributed by atoms with Crippen molar-refractivity contribution in [3.8, 4) is 0 Å². The average molecular weight is 421 g/mol. The molecule has 30 heavy (non-hydrogen) atoms. The fraction of sp³-hybridized carbons (Fsp3) is 0.933. The van der Waals surface area contributed by atoms with E-state index in [1.807, 2.05) is 0 Å². The highest BCUT2D eigenvalue weighted by atomic mass is 14.1. The Kier molecular flexibility index (Phi) is 27.0. The Morgan fingerprint density at radius 1 is 0.333 bits per heavy atom. The van der Waals surface area contributed by atoms with Crippen molar-refractivity contribution in [3.63, 3.8) is 0 Å². The highest BCUT2D eigenvalue weighted by molar-refractivity contribution is 4.56. The van der Waals surface area contributed by atoms with E-state index in [2.05, 4.69) is 20.8 Å². The average Bonchev–Trinajstić information content (AvgIpc) is 2.75. The minimum atomic E-state index is 0.960. The maximum atomic E-state index is 3.92. The van der Waals surface area contributed by atoms with Crippen molar-refractivity contribution >= 4 is 0 Å². The predicted octanol–water partition coefficient (Wildman–Crippen LogP) is 11.4. The first kappa shape index (κ1) is 30.0. The smallest absolute Gasteiger partial charge is 0.0443 e. The molecule has 2 radical (unpaired) electrons. The van der Waals surface area contributed by atoms with Gasteiger partial charge in [-0.2, -0.15) is 0 Å². The van der Waals surface area contributed by atoms with E-state index in [0.717, 1.165) is 18.8 Å². The van der Waals surface area contributed by atoms with Crippen molar-refractivity contribution in [1.82, 2.24) is 0 Å². The number of hydrogen-bond acceptors (Lipinski definition) is 0. The lowest BCUT2D eigenvalue weighted by Crippen LogP contribution is -1.95. The lowest BCUT2D eigenvalue weighted by atomic mass is 9.95. The standard InChI is InChI=1S/C30H60/c1-4-6-8-10-12-14-16-18-20-22-24-26-28-30(3)29-27-25-23-21-19-17-15-13-11-9-7-5-2/h30H,1-2,4-29H2,3H3. The Hall–Kier alpha value is 0. The third-order valence-electron chi connectivity index (χ3n) is 6.89. The molecule has 0 aliphatic carbocycles. The van der Waals surface area contributed by atoms with Gasteiger partial charge in [-0.3, -0.25) is 0 Å². The molecule has 0 aromatic rings. The summed E-state index contributed by atoms with van der Waals surface area (Å²) in [6, 6.07) is 0. The summed E-state index contributed by atoms with van der Waals surface area (Å²) in [5.74, 6) is 0.960. The zero-order valence-corrected chi connectivity index (χ0v) is 21.4. The molecule has 0 aromatic carbocycles. The molecular formula is C30H60. The summed E-state index contributed by atoms with van der Waals surface area (Å²) in [4.78, 5) is 0. The maximum absolute atomic E-state index is 3.92. The summed E-state index contributed by atoms with van der Waals surface area (Å²) in [7, 11) is 0. The molecule has 0 amide bonds. The molecule has 0 rings (SSSR count). The molecule has 0 atom stereocenters.